The minimum atomic E-state index is -0.177. The second-order valence-corrected chi connectivity index (χ2v) is 6.85. The second-order valence-electron chi connectivity index (χ2n) is 5.68. The van der Waals surface area contributed by atoms with E-state index in [0.29, 0.717) is 0 Å². The molecule has 0 aliphatic heterocycles. The molecule has 18 heavy (non-hydrogen) atoms. The molecule has 1 aliphatic carbocycles. The predicted molar refractivity (Wildman–Crippen MR) is 79.5 cm³/mol. The summed E-state index contributed by atoms with van der Waals surface area (Å²) in [7, 11) is 0. The van der Waals surface area contributed by atoms with Crippen molar-refractivity contribution in [3.63, 3.8) is 0 Å². The number of rotatable bonds is 5. The van der Waals surface area contributed by atoms with Crippen molar-refractivity contribution >= 4 is 17.6 Å². The molecule has 2 rings (SSSR count). The van der Waals surface area contributed by atoms with Gasteiger partial charge in [-0.1, -0.05) is 19.9 Å². The molecule has 0 heterocycles. The summed E-state index contributed by atoms with van der Waals surface area (Å²) in [6.07, 6.45) is 4.74. The minimum absolute atomic E-state index is 0.177. The number of nitrogens with two attached hydrogens (primary N) is 1. The van der Waals surface area contributed by atoms with Gasteiger partial charge in [-0.25, -0.2) is 0 Å². The summed E-state index contributed by atoms with van der Waals surface area (Å²) >= 11 is 1.88. The molecule has 0 spiro atoms. The fraction of sp³-hybridized carbons (Fsp3) is 0.533. The van der Waals surface area contributed by atoms with E-state index in [-0.39, 0.29) is 11.3 Å². The zero-order chi connectivity index (χ0) is 13.2. The van der Waals surface area contributed by atoms with Crippen LogP contribution in [-0.2, 0) is 12.8 Å². The van der Waals surface area contributed by atoms with Crippen LogP contribution in [0.1, 0.15) is 37.8 Å². The van der Waals surface area contributed by atoms with Crippen LogP contribution in [0, 0.1) is 10.8 Å². The molecule has 2 nitrogen and oxygen atoms in total. The summed E-state index contributed by atoms with van der Waals surface area (Å²) in [5, 5.41) is 7.55. The molecular weight excluding hydrogens is 240 g/mol. The fourth-order valence-corrected chi connectivity index (χ4v) is 3.43. The summed E-state index contributed by atoms with van der Waals surface area (Å²) in [5.41, 5.74) is 8.48. The monoisotopic (exact) mass is 262 g/mol. The highest BCUT2D eigenvalue weighted by molar-refractivity contribution is 7.99. The quantitative estimate of drug-likeness (QED) is 0.484. The van der Waals surface area contributed by atoms with Crippen molar-refractivity contribution in [1.29, 1.82) is 5.41 Å². The molecule has 0 unspecified atom stereocenters. The van der Waals surface area contributed by atoms with Crippen LogP contribution in [0.15, 0.2) is 23.1 Å². The maximum Gasteiger partial charge on any atom is 0.0963 e. The maximum absolute atomic E-state index is 7.55. The average Bonchev–Trinajstić information content (AvgIpc) is 2.75. The highest BCUT2D eigenvalue weighted by Crippen LogP contribution is 2.30. The van der Waals surface area contributed by atoms with Crippen LogP contribution >= 0.6 is 11.8 Å². The van der Waals surface area contributed by atoms with E-state index < -0.39 is 0 Å². The number of nitrogens with one attached hydrogen (secondary N) is 1. The Morgan fingerprint density at radius 3 is 2.78 bits per heavy atom. The molecule has 0 saturated carbocycles. The van der Waals surface area contributed by atoms with Crippen LogP contribution in [0.25, 0.3) is 0 Å². The number of thioether (sulfide) groups is 1. The number of hydrogen-bond donors (Lipinski definition) is 2. The highest BCUT2D eigenvalue weighted by atomic mass is 32.2. The average molecular weight is 262 g/mol. The molecule has 0 amide bonds. The van der Waals surface area contributed by atoms with Crippen LogP contribution in [0.4, 0.5) is 0 Å². The molecule has 0 fully saturated rings. The second kappa shape index (κ2) is 5.35. The van der Waals surface area contributed by atoms with Gasteiger partial charge in [-0.3, -0.25) is 5.41 Å². The van der Waals surface area contributed by atoms with Gasteiger partial charge in [-0.15, -0.1) is 11.8 Å². The Bertz CT molecular complexity index is 452. The molecule has 0 saturated heterocycles. The Morgan fingerprint density at radius 1 is 1.33 bits per heavy atom. The molecule has 1 aromatic carbocycles. The van der Waals surface area contributed by atoms with Crippen molar-refractivity contribution in [3.05, 3.63) is 29.3 Å². The first-order valence-electron chi connectivity index (χ1n) is 6.58. The normalized spacial score (nSPS) is 14.6. The van der Waals surface area contributed by atoms with Crippen molar-refractivity contribution in [1.82, 2.24) is 0 Å². The zero-order valence-corrected chi connectivity index (χ0v) is 12.1. The third-order valence-electron chi connectivity index (χ3n) is 3.79. The lowest BCUT2D eigenvalue weighted by molar-refractivity contribution is 0.500. The smallest absolute Gasteiger partial charge is 0.0963 e. The number of aryl methyl sites for hydroxylation is 2. The van der Waals surface area contributed by atoms with Crippen LogP contribution in [0.2, 0.25) is 0 Å². The van der Waals surface area contributed by atoms with Crippen molar-refractivity contribution in [3.8, 4) is 0 Å². The summed E-state index contributed by atoms with van der Waals surface area (Å²) in [5.74, 6) is 1.31. The highest BCUT2D eigenvalue weighted by Gasteiger charge is 2.21. The Labute approximate surface area is 114 Å². The fourth-order valence-electron chi connectivity index (χ4n) is 2.20. The van der Waals surface area contributed by atoms with Gasteiger partial charge < -0.3 is 5.73 Å². The Kier molecular flexibility index (Phi) is 4.00. The zero-order valence-electron chi connectivity index (χ0n) is 11.3. The van der Waals surface area contributed by atoms with E-state index in [4.69, 9.17) is 11.1 Å². The van der Waals surface area contributed by atoms with Gasteiger partial charge in [0.25, 0.3) is 0 Å². The molecule has 0 atom stereocenters. The lowest BCUT2D eigenvalue weighted by atomic mass is 9.89. The van der Waals surface area contributed by atoms with Crippen molar-refractivity contribution in [2.45, 2.75) is 44.4 Å². The largest absolute Gasteiger partial charge is 0.387 e. The predicted octanol–water partition coefficient (Wildman–Crippen LogP) is 3.62. The summed E-state index contributed by atoms with van der Waals surface area (Å²) < 4.78 is 0. The van der Waals surface area contributed by atoms with E-state index in [1.807, 2.05) is 25.6 Å². The Hall–Kier alpha value is -0.960. The number of benzene rings is 1. The summed E-state index contributed by atoms with van der Waals surface area (Å²) in [6, 6.07) is 6.85. The van der Waals surface area contributed by atoms with Gasteiger partial charge in [0.2, 0.25) is 0 Å². The van der Waals surface area contributed by atoms with E-state index in [9.17, 15) is 0 Å². The molecule has 0 aromatic heterocycles. The van der Waals surface area contributed by atoms with Gasteiger partial charge in [0.1, 0.15) is 0 Å². The molecule has 1 aromatic rings. The van der Waals surface area contributed by atoms with Crippen molar-refractivity contribution in [2.24, 2.45) is 11.1 Å². The van der Waals surface area contributed by atoms with Crippen LogP contribution in [0.3, 0.4) is 0 Å². The first-order chi connectivity index (χ1) is 8.49. The van der Waals surface area contributed by atoms with Crippen LogP contribution < -0.4 is 5.73 Å². The molecule has 3 heteroatoms. The molecule has 0 radical (unpaired) electrons. The molecule has 0 bridgehead atoms. The molecule has 3 N–H and O–H groups in total. The van der Waals surface area contributed by atoms with E-state index in [1.165, 1.54) is 35.3 Å². The van der Waals surface area contributed by atoms with Crippen molar-refractivity contribution < 1.29 is 0 Å². The number of amidine groups is 1. The van der Waals surface area contributed by atoms with Crippen molar-refractivity contribution in [2.75, 3.05) is 5.75 Å². The minimum Gasteiger partial charge on any atom is -0.387 e. The third-order valence-corrected chi connectivity index (χ3v) is 4.79. The van der Waals surface area contributed by atoms with E-state index in [2.05, 4.69) is 18.2 Å². The maximum atomic E-state index is 7.55. The Balaban J connectivity index is 1.89. The van der Waals surface area contributed by atoms with Crippen LogP contribution in [0.5, 0.6) is 0 Å². The third kappa shape index (κ3) is 3.08. The van der Waals surface area contributed by atoms with E-state index in [0.717, 1.165) is 12.2 Å². The Morgan fingerprint density at radius 2 is 2.06 bits per heavy atom. The summed E-state index contributed by atoms with van der Waals surface area (Å²) in [4.78, 5) is 1.36. The topological polar surface area (TPSA) is 49.9 Å². The number of hydrogen-bond acceptors (Lipinski definition) is 2. The van der Waals surface area contributed by atoms with Gasteiger partial charge >= 0.3 is 0 Å². The van der Waals surface area contributed by atoms with E-state index in [1.54, 1.807) is 0 Å². The molecular formula is C15H22N2S. The first kappa shape index (κ1) is 13.5. The van der Waals surface area contributed by atoms with Crippen LogP contribution in [-0.4, -0.2) is 11.6 Å². The van der Waals surface area contributed by atoms with Gasteiger partial charge in [0, 0.05) is 10.3 Å². The number of fused-ring (bicyclic) bond motifs is 1. The SMILES string of the molecule is CC(C)(CCSc1ccc2c(c1)CCC2)C(=N)N. The lowest BCUT2D eigenvalue weighted by Gasteiger charge is -2.22. The summed E-state index contributed by atoms with van der Waals surface area (Å²) in [6.45, 7) is 4.08. The standard InChI is InChI=1S/C15H22N2S/c1-15(2,14(16)17)8-9-18-13-7-6-11-4-3-5-12(11)10-13/h6-7,10H,3-5,8-9H2,1-2H3,(H3,16,17). The lowest BCUT2D eigenvalue weighted by Crippen LogP contribution is -2.31. The van der Waals surface area contributed by atoms with Gasteiger partial charge in [0.05, 0.1) is 5.84 Å². The van der Waals surface area contributed by atoms with Gasteiger partial charge in [-0.05, 0) is 54.7 Å². The first-order valence-corrected chi connectivity index (χ1v) is 7.57. The van der Waals surface area contributed by atoms with E-state index >= 15 is 0 Å². The molecule has 98 valence electrons. The van der Waals surface area contributed by atoms with Gasteiger partial charge in [-0.2, -0.15) is 0 Å². The molecule has 1 aliphatic rings. The van der Waals surface area contributed by atoms with Gasteiger partial charge in [0.15, 0.2) is 0 Å².